The first kappa shape index (κ1) is 12.9. The molecule has 3 nitrogen and oxygen atoms in total. The van der Waals surface area contributed by atoms with Crippen LogP contribution < -0.4 is 10.6 Å². The average Bonchev–Trinajstić information content (AvgIpc) is 2.27. The van der Waals surface area contributed by atoms with Crippen molar-refractivity contribution in [1.82, 2.24) is 0 Å². The highest BCUT2D eigenvalue weighted by Crippen LogP contribution is 2.26. The second kappa shape index (κ2) is 4.96. The zero-order valence-corrected chi connectivity index (χ0v) is 11.9. The van der Waals surface area contributed by atoms with Crippen LogP contribution in [-0.2, 0) is 4.74 Å². The minimum Gasteiger partial charge on any atom is -0.367 e. The van der Waals surface area contributed by atoms with Crippen molar-refractivity contribution in [2.45, 2.75) is 25.6 Å². The van der Waals surface area contributed by atoms with Gasteiger partial charge in [0.2, 0.25) is 0 Å². The molecular weight excluding hydrogens is 280 g/mol. The van der Waals surface area contributed by atoms with Gasteiger partial charge in [-0.25, -0.2) is 0 Å². The van der Waals surface area contributed by atoms with Crippen LogP contribution in [-0.4, -0.2) is 31.3 Å². The molecule has 0 saturated carbocycles. The number of morpholine rings is 1. The maximum atomic E-state index is 5.92. The fourth-order valence-corrected chi connectivity index (χ4v) is 2.53. The summed E-state index contributed by atoms with van der Waals surface area (Å²) in [6, 6.07) is 8.38. The van der Waals surface area contributed by atoms with E-state index in [4.69, 9.17) is 10.5 Å². The Kier molecular flexibility index (Phi) is 3.76. The van der Waals surface area contributed by atoms with E-state index in [9.17, 15) is 0 Å². The molecule has 17 heavy (non-hydrogen) atoms. The van der Waals surface area contributed by atoms with Gasteiger partial charge in [-0.15, -0.1) is 0 Å². The van der Waals surface area contributed by atoms with Crippen LogP contribution in [0.25, 0.3) is 0 Å². The van der Waals surface area contributed by atoms with E-state index in [0.29, 0.717) is 6.54 Å². The second-order valence-corrected chi connectivity index (χ2v) is 6.01. The van der Waals surface area contributed by atoms with Gasteiger partial charge in [-0.1, -0.05) is 15.9 Å². The number of ether oxygens (including phenoxy) is 1. The average molecular weight is 299 g/mol. The lowest BCUT2D eigenvalue weighted by Crippen LogP contribution is -2.54. The van der Waals surface area contributed by atoms with Crippen LogP contribution in [0.5, 0.6) is 0 Å². The van der Waals surface area contributed by atoms with Gasteiger partial charge in [0.05, 0.1) is 11.7 Å². The largest absolute Gasteiger partial charge is 0.367 e. The lowest BCUT2D eigenvalue weighted by molar-refractivity contribution is -0.0788. The summed E-state index contributed by atoms with van der Waals surface area (Å²) in [5.41, 5.74) is 6.81. The summed E-state index contributed by atoms with van der Waals surface area (Å²) >= 11 is 3.45. The normalized spacial score (nSPS) is 23.8. The quantitative estimate of drug-likeness (QED) is 0.911. The molecule has 0 aliphatic carbocycles. The zero-order chi connectivity index (χ0) is 12.5. The van der Waals surface area contributed by atoms with Gasteiger partial charge in [-0.2, -0.15) is 0 Å². The van der Waals surface area contributed by atoms with Crippen LogP contribution in [0.4, 0.5) is 5.69 Å². The Morgan fingerprint density at radius 2 is 2.06 bits per heavy atom. The van der Waals surface area contributed by atoms with Gasteiger partial charge in [0.15, 0.2) is 0 Å². The van der Waals surface area contributed by atoms with Gasteiger partial charge in [0.1, 0.15) is 0 Å². The van der Waals surface area contributed by atoms with Crippen molar-refractivity contribution in [1.29, 1.82) is 0 Å². The van der Waals surface area contributed by atoms with E-state index in [0.717, 1.165) is 17.6 Å². The van der Waals surface area contributed by atoms with Crippen molar-refractivity contribution in [3.05, 3.63) is 28.7 Å². The summed E-state index contributed by atoms with van der Waals surface area (Å²) in [5.74, 6) is 0. The Labute approximate surface area is 111 Å². The topological polar surface area (TPSA) is 38.5 Å². The van der Waals surface area contributed by atoms with E-state index in [1.165, 1.54) is 5.69 Å². The summed E-state index contributed by atoms with van der Waals surface area (Å²) in [6.07, 6.45) is 0.113. The Hall–Kier alpha value is -0.580. The third kappa shape index (κ3) is 3.21. The van der Waals surface area contributed by atoms with Crippen LogP contribution in [0, 0.1) is 0 Å². The molecular formula is C13H19BrN2O. The van der Waals surface area contributed by atoms with Gasteiger partial charge < -0.3 is 15.4 Å². The molecule has 1 aliphatic rings. The number of halogens is 1. The van der Waals surface area contributed by atoms with Crippen molar-refractivity contribution in [3.63, 3.8) is 0 Å². The number of nitrogens with zero attached hydrogens (tertiary/aromatic N) is 1. The number of hydrogen-bond acceptors (Lipinski definition) is 3. The molecule has 0 amide bonds. The minimum absolute atomic E-state index is 0.113. The van der Waals surface area contributed by atoms with Gasteiger partial charge in [-0.3, -0.25) is 0 Å². The second-order valence-electron chi connectivity index (χ2n) is 5.09. The molecule has 0 aromatic heterocycles. The molecule has 1 heterocycles. The van der Waals surface area contributed by atoms with E-state index in [2.05, 4.69) is 58.9 Å². The van der Waals surface area contributed by atoms with Crippen LogP contribution in [0.15, 0.2) is 28.7 Å². The monoisotopic (exact) mass is 298 g/mol. The van der Waals surface area contributed by atoms with Crippen LogP contribution in [0.1, 0.15) is 13.8 Å². The van der Waals surface area contributed by atoms with Crippen LogP contribution in [0.3, 0.4) is 0 Å². The standard InChI is InChI=1S/C13H19BrN2O/c1-13(2)9-16(8-12(7-15)17-13)11-5-3-10(14)4-6-11/h3-6,12H,7-9,15H2,1-2H3. The van der Waals surface area contributed by atoms with E-state index >= 15 is 0 Å². The Balaban J connectivity index is 2.17. The molecule has 1 atom stereocenters. The number of rotatable bonds is 2. The third-order valence-corrected chi connectivity index (χ3v) is 3.46. The molecule has 2 N–H and O–H groups in total. The molecule has 94 valence electrons. The van der Waals surface area contributed by atoms with Crippen molar-refractivity contribution in [2.24, 2.45) is 5.73 Å². The number of anilines is 1. The van der Waals surface area contributed by atoms with E-state index in [-0.39, 0.29) is 11.7 Å². The number of nitrogens with two attached hydrogens (primary N) is 1. The summed E-state index contributed by atoms with van der Waals surface area (Å²) in [5, 5.41) is 0. The molecule has 4 heteroatoms. The summed E-state index contributed by atoms with van der Waals surface area (Å²) < 4.78 is 7.02. The Bertz CT molecular complexity index is 378. The molecule has 1 saturated heterocycles. The van der Waals surface area contributed by atoms with Crippen molar-refractivity contribution >= 4 is 21.6 Å². The van der Waals surface area contributed by atoms with Crippen molar-refractivity contribution in [3.8, 4) is 0 Å². The van der Waals surface area contributed by atoms with Gasteiger partial charge in [-0.05, 0) is 38.1 Å². The highest BCUT2D eigenvalue weighted by atomic mass is 79.9. The number of benzene rings is 1. The molecule has 1 unspecified atom stereocenters. The first-order chi connectivity index (χ1) is 8.00. The molecule has 0 spiro atoms. The lowest BCUT2D eigenvalue weighted by atomic mass is 10.0. The highest BCUT2D eigenvalue weighted by molar-refractivity contribution is 9.10. The van der Waals surface area contributed by atoms with Gasteiger partial charge in [0, 0.05) is 29.8 Å². The molecule has 1 aromatic carbocycles. The van der Waals surface area contributed by atoms with Crippen LogP contribution in [0.2, 0.25) is 0 Å². The molecule has 0 radical (unpaired) electrons. The SMILES string of the molecule is CC1(C)CN(c2ccc(Br)cc2)CC(CN)O1. The fraction of sp³-hybridized carbons (Fsp3) is 0.538. The lowest BCUT2D eigenvalue weighted by Gasteiger charge is -2.43. The van der Waals surface area contributed by atoms with Gasteiger partial charge in [0.25, 0.3) is 0 Å². The van der Waals surface area contributed by atoms with Gasteiger partial charge >= 0.3 is 0 Å². The Morgan fingerprint density at radius 3 is 2.65 bits per heavy atom. The maximum Gasteiger partial charge on any atom is 0.0879 e. The van der Waals surface area contributed by atoms with E-state index in [1.807, 2.05) is 0 Å². The molecule has 1 aliphatic heterocycles. The predicted octanol–water partition coefficient (Wildman–Crippen LogP) is 2.39. The minimum atomic E-state index is -0.143. The smallest absolute Gasteiger partial charge is 0.0879 e. The third-order valence-electron chi connectivity index (χ3n) is 2.94. The fourth-order valence-electron chi connectivity index (χ4n) is 2.27. The van der Waals surface area contributed by atoms with E-state index in [1.54, 1.807) is 0 Å². The highest BCUT2D eigenvalue weighted by Gasteiger charge is 2.32. The number of hydrogen-bond donors (Lipinski definition) is 1. The Morgan fingerprint density at radius 1 is 1.41 bits per heavy atom. The zero-order valence-electron chi connectivity index (χ0n) is 10.3. The summed E-state index contributed by atoms with van der Waals surface area (Å²) in [7, 11) is 0. The van der Waals surface area contributed by atoms with Crippen molar-refractivity contribution < 1.29 is 4.74 Å². The predicted molar refractivity (Wildman–Crippen MR) is 74.4 cm³/mol. The molecule has 2 rings (SSSR count). The molecule has 0 bridgehead atoms. The molecule has 1 fully saturated rings. The maximum absolute atomic E-state index is 5.92. The summed E-state index contributed by atoms with van der Waals surface area (Å²) in [4.78, 5) is 2.34. The molecule has 1 aromatic rings. The van der Waals surface area contributed by atoms with Crippen molar-refractivity contribution in [2.75, 3.05) is 24.5 Å². The first-order valence-electron chi connectivity index (χ1n) is 5.88. The summed E-state index contributed by atoms with van der Waals surface area (Å²) in [6.45, 7) is 6.55. The van der Waals surface area contributed by atoms with E-state index < -0.39 is 0 Å². The van der Waals surface area contributed by atoms with Crippen LogP contribution >= 0.6 is 15.9 Å². The first-order valence-corrected chi connectivity index (χ1v) is 6.68.